The van der Waals surface area contributed by atoms with Gasteiger partial charge < -0.3 is 30.0 Å². The molecule has 0 saturated carbocycles. The van der Waals surface area contributed by atoms with E-state index in [9.17, 15) is 20.5 Å². The minimum Gasteiger partial charge on any atom is -0.394 e. The molecule has 7 nitrogen and oxygen atoms in total. The summed E-state index contributed by atoms with van der Waals surface area (Å²) in [6.07, 6.45) is 2.81. The van der Waals surface area contributed by atoms with Gasteiger partial charge in [-0.3, -0.25) is 0 Å². The molecule has 2 rings (SSSR count). The Morgan fingerprint density at radius 3 is 2.76 bits per heavy atom. The van der Waals surface area contributed by atoms with Crippen molar-refractivity contribution >= 4 is 11.6 Å². The number of morpholine rings is 1. The van der Waals surface area contributed by atoms with Gasteiger partial charge in [0.25, 0.3) is 0 Å². The summed E-state index contributed by atoms with van der Waals surface area (Å²) in [7, 11) is 0. The molecule has 0 aromatic heterocycles. The van der Waals surface area contributed by atoms with Crippen LogP contribution in [-0.4, -0.2) is 64.0 Å². The topological polar surface area (TPSA) is 103 Å². The van der Waals surface area contributed by atoms with Crippen LogP contribution < -0.4 is 0 Å². The van der Waals surface area contributed by atoms with Crippen molar-refractivity contribution < 1.29 is 30.0 Å². The molecular weight excluding hydrogens is 398 g/mol. The normalized spacial score (nSPS) is 26.2. The quantitative estimate of drug-likeness (QED) is 0.355. The minimum absolute atomic E-state index is 0.378. The minimum atomic E-state index is -1.53. The van der Waals surface area contributed by atoms with Crippen LogP contribution in [-0.2, 0) is 15.9 Å². The maximum atomic E-state index is 10.3. The van der Waals surface area contributed by atoms with Crippen LogP contribution >= 0.6 is 11.6 Å². The maximum Gasteiger partial charge on any atom is 0.162 e. The average molecular weight is 426 g/mol. The number of rotatable bonds is 9. The zero-order valence-electron chi connectivity index (χ0n) is 16.3. The van der Waals surface area contributed by atoms with E-state index in [0.717, 1.165) is 11.1 Å². The second kappa shape index (κ2) is 11.6. The molecule has 4 atom stereocenters. The van der Waals surface area contributed by atoms with Gasteiger partial charge in [-0.05, 0) is 36.1 Å². The van der Waals surface area contributed by atoms with Gasteiger partial charge in [0.15, 0.2) is 12.5 Å². The van der Waals surface area contributed by atoms with E-state index in [2.05, 4.69) is 6.58 Å². The van der Waals surface area contributed by atoms with E-state index in [0.29, 0.717) is 35.3 Å². The highest BCUT2D eigenvalue weighted by atomic mass is 35.5. The maximum absolute atomic E-state index is 10.3. The van der Waals surface area contributed by atoms with Crippen LogP contribution in [0.1, 0.15) is 24.2 Å². The highest BCUT2D eigenvalue weighted by molar-refractivity contribution is 6.31. The molecule has 160 valence electrons. The third kappa shape index (κ3) is 6.21. The molecule has 4 N–H and O–H groups in total. The molecule has 1 fully saturated rings. The predicted octanol–water partition coefficient (Wildman–Crippen LogP) is 2.35. The fraction of sp³-hybridized carbons (Fsp3) is 0.429. The van der Waals surface area contributed by atoms with Gasteiger partial charge in [-0.15, -0.1) is 5.06 Å². The summed E-state index contributed by atoms with van der Waals surface area (Å²) < 4.78 is 10.9. The number of halogens is 1. The first-order chi connectivity index (χ1) is 13.9. The number of aliphatic hydroxyl groups is 3. The number of ether oxygens (including phenoxy) is 2. The molecule has 1 aromatic carbocycles. The van der Waals surface area contributed by atoms with Gasteiger partial charge in [0.05, 0.1) is 13.2 Å². The van der Waals surface area contributed by atoms with Crippen LogP contribution in [0.25, 0.3) is 0 Å². The summed E-state index contributed by atoms with van der Waals surface area (Å²) in [5, 5.41) is 40.4. The molecule has 29 heavy (non-hydrogen) atoms. The van der Waals surface area contributed by atoms with Crippen molar-refractivity contribution in [1.29, 1.82) is 0 Å². The van der Waals surface area contributed by atoms with Crippen LogP contribution in [0.3, 0.4) is 0 Å². The lowest BCUT2D eigenvalue weighted by Crippen LogP contribution is -2.57. The van der Waals surface area contributed by atoms with Crippen LogP contribution in [0, 0.1) is 0 Å². The molecule has 1 saturated heterocycles. The van der Waals surface area contributed by atoms with E-state index >= 15 is 0 Å². The standard InChI is InChI=1S/C21H28ClNO6/c1-3-6-14(7-5-10-28-4-2)11-16-12-15(8-9-17(16)22)19-21(26)23(27)20(25)18(13-24)29-19/h3,5-9,12,18-21,24-27H,1,4,10-11,13H2,2H3/b7-5-,14-6+. The van der Waals surface area contributed by atoms with Crippen LogP contribution in [0.15, 0.2) is 54.7 Å². The summed E-state index contributed by atoms with van der Waals surface area (Å²) >= 11 is 6.36. The summed E-state index contributed by atoms with van der Waals surface area (Å²) in [6.45, 7) is 6.28. The molecule has 0 aliphatic carbocycles. The van der Waals surface area contributed by atoms with Crippen molar-refractivity contribution in [3.63, 3.8) is 0 Å². The lowest BCUT2D eigenvalue weighted by atomic mass is 9.98. The van der Waals surface area contributed by atoms with Crippen molar-refractivity contribution in [2.24, 2.45) is 0 Å². The fourth-order valence-electron chi connectivity index (χ4n) is 3.02. The smallest absolute Gasteiger partial charge is 0.162 e. The molecule has 1 heterocycles. The van der Waals surface area contributed by atoms with Crippen molar-refractivity contribution in [2.75, 3.05) is 19.8 Å². The Kier molecular flexibility index (Phi) is 9.48. The van der Waals surface area contributed by atoms with E-state index in [-0.39, 0.29) is 0 Å². The first-order valence-corrected chi connectivity index (χ1v) is 9.74. The Hall–Kier alpha value is -1.55. The van der Waals surface area contributed by atoms with Gasteiger partial charge in [0.2, 0.25) is 0 Å². The zero-order chi connectivity index (χ0) is 21.4. The number of allylic oxidation sites excluding steroid dienone is 4. The summed E-state index contributed by atoms with van der Waals surface area (Å²) in [4.78, 5) is 0. The molecule has 8 heteroatoms. The number of nitrogens with zero attached hydrogens (tertiary/aromatic N) is 1. The number of hydroxylamine groups is 2. The number of benzene rings is 1. The Bertz CT molecular complexity index is 736. The van der Waals surface area contributed by atoms with Gasteiger partial charge in [0.1, 0.15) is 12.2 Å². The SMILES string of the molecule is C=C/C=C(\C=C/COCC)Cc1cc(C2OC(CO)C(O)N(O)C2O)ccc1Cl. The molecule has 1 aliphatic rings. The molecule has 0 spiro atoms. The van der Waals surface area contributed by atoms with Crippen molar-refractivity contribution in [1.82, 2.24) is 5.06 Å². The van der Waals surface area contributed by atoms with Gasteiger partial charge in [-0.25, -0.2) is 0 Å². The fourth-order valence-corrected chi connectivity index (χ4v) is 3.20. The largest absolute Gasteiger partial charge is 0.394 e. The van der Waals surface area contributed by atoms with E-state index < -0.39 is 31.3 Å². The van der Waals surface area contributed by atoms with Crippen LogP contribution in [0.5, 0.6) is 0 Å². The third-order valence-corrected chi connectivity index (χ3v) is 4.89. The van der Waals surface area contributed by atoms with Crippen LogP contribution in [0.4, 0.5) is 0 Å². The predicted molar refractivity (Wildman–Crippen MR) is 109 cm³/mol. The van der Waals surface area contributed by atoms with Gasteiger partial charge in [0, 0.05) is 11.6 Å². The Morgan fingerprint density at radius 1 is 1.34 bits per heavy atom. The summed E-state index contributed by atoms with van der Waals surface area (Å²) in [5.41, 5.74) is 2.29. The second-order valence-corrected chi connectivity index (χ2v) is 6.96. The second-order valence-electron chi connectivity index (χ2n) is 6.55. The number of hydrogen-bond donors (Lipinski definition) is 4. The molecule has 0 bridgehead atoms. The lowest BCUT2D eigenvalue weighted by molar-refractivity contribution is -0.363. The third-order valence-electron chi connectivity index (χ3n) is 4.52. The number of hydrogen-bond acceptors (Lipinski definition) is 7. The Morgan fingerprint density at radius 2 is 2.10 bits per heavy atom. The Labute approximate surface area is 175 Å². The lowest BCUT2D eigenvalue weighted by Gasteiger charge is -2.41. The number of aliphatic hydroxyl groups excluding tert-OH is 3. The zero-order valence-corrected chi connectivity index (χ0v) is 17.1. The molecule has 1 aliphatic heterocycles. The highest BCUT2D eigenvalue weighted by Gasteiger charge is 2.42. The monoisotopic (exact) mass is 425 g/mol. The molecular formula is C21H28ClNO6. The van der Waals surface area contributed by atoms with Crippen molar-refractivity contribution in [3.8, 4) is 0 Å². The van der Waals surface area contributed by atoms with Gasteiger partial charge in [-0.1, -0.05) is 54.6 Å². The van der Waals surface area contributed by atoms with Gasteiger partial charge >= 0.3 is 0 Å². The van der Waals surface area contributed by atoms with E-state index in [1.807, 2.05) is 25.2 Å². The van der Waals surface area contributed by atoms with E-state index in [1.165, 1.54) is 0 Å². The highest BCUT2D eigenvalue weighted by Crippen LogP contribution is 2.33. The van der Waals surface area contributed by atoms with E-state index in [1.54, 1.807) is 24.3 Å². The summed E-state index contributed by atoms with van der Waals surface area (Å²) in [5.74, 6) is 0. The van der Waals surface area contributed by atoms with Gasteiger partial charge in [-0.2, -0.15) is 0 Å². The molecule has 1 aromatic rings. The molecule has 0 amide bonds. The van der Waals surface area contributed by atoms with Crippen LogP contribution in [0.2, 0.25) is 5.02 Å². The molecule has 4 unspecified atom stereocenters. The van der Waals surface area contributed by atoms with Crippen molar-refractivity contribution in [3.05, 3.63) is 70.8 Å². The summed E-state index contributed by atoms with van der Waals surface area (Å²) in [6, 6.07) is 5.11. The first kappa shape index (κ1) is 23.7. The Balaban J connectivity index is 2.25. The first-order valence-electron chi connectivity index (χ1n) is 9.36. The van der Waals surface area contributed by atoms with E-state index in [4.69, 9.17) is 21.1 Å². The average Bonchev–Trinajstić information content (AvgIpc) is 2.71. The molecule has 0 radical (unpaired) electrons. The van der Waals surface area contributed by atoms with Crippen molar-refractivity contribution in [2.45, 2.75) is 38.0 Å².